The summed E-state index contributed by atoms with van der Waals surface area (Å²) < 4.78 is 0. The molecule has 2 aromatic heterocycles. The molecule has 0 saturated heterocycles. The minimum absolute atomic E-state index is 0.129. The fourth-order valence-electron chi connectivity index (χ4n) is 1.27. The molecule has 5 nitrogen and oxygen atoms in total. The molecule has 2 rings (SSSR count). The zero-order chi connectivity index (χ0) is 10.7. The maximum Gasteiger partial charge on any atom is 0.252 e. The van der Waals surface area contributed by atoms with Crippen LogP contribution in [0, 0.1) is 0 Å². The summed E-state index contributed by atoms with van der Waals surface area (Å²) in [7, 11) is 0. The molecule has 0 atom stereocenters. The van der Waals surface area contributed by atoms with Crippen LogP contribution in [0.2, 0.25) is 0 Å². The highest BCUT2D eigenvalue weighted by molar-refractivity contribution is 5.96. The van der Waals surface area contributed by atoms with Crippen LogP contribution >= 0.6 is 0 Å². The Morgan fingerprint density at radius 1 is 1.40 bits per heavy atom. The van der Waals surface area contributed by atoms with E-state index in [1.807, 2.05) is 6.92 Å². The second-order valence-corrected chi connectivity index (χ2v) is 3.02. The van der Waals surface area contributed by atoms with E-state index in [1.54, 1.807) is 12.3 Å². The van der Waals surface area contributed by atoms with Crippen LogP contribution < -0.4 is 5.32 Å². The molecule has 0 radical (unpaired) electrons. The molecule has 0 aliphatic rings. The summed E-state index contributed by atoms with van der Waals surface area (Å²) in [5.41, 5.74) is 1.12. The Labute approximate surface area is 86.6 Å². The first-order valence-electron chi connectivity index (χ1n) is 4.65. The van der Waals surface area contributed by atoms with Gasteiger partial charge in [0, 0.05) is 24.3 Å². The van der Waals surface area contributed by atoms with Crippen molar-refractivity contribution < 1.29 is 4.79 Å². The van der Waals surface area contributed by atoms with Crippen molar-refractivity contribution in [1.29, 1.82) is 0 Å². The van der Waals surface area contributed by atoms with Crippen molar-refractivity contribution in [2.45, 2.75) is 6.92 Å². The van der Waals surface area contributed by atoms with Crippen LogP contribution in [0.3, 0.4) is 0 Å². The second-order valence-electron chi connectivity index (χ2n) is 3.02. The normalized spacial score (nSPS) is 10.2. The van der Waals surface area contributed by atoms with Gasteiger partial charge in [-0.25, -0.2) is 15.0 Å². The highest BCUT2D eigenvalue weighted by Gasteiger charge is 2.05. The number of pyridine rings is 1. The summed E-state index contributed by atoms with van der Waals surface area (Å²) in [6.45, 7) is 2.47. The lowest BCUT2D eigenvalue weighted by Crippen LogP contribution is -2.22. The number of hydrogen-bond acceptors (Lipinski definition) is 4. The van der Waals surface area contributed by atoms with Crippen molar-refractivity contribution in [3.05, 3.63) is 30.4 Å². The number of hydrogen-bond donors (Lipinski definition) is 1. The standard InChI is InChI=1S/C10H10N4O/c1-2-12-10(15)8-3-7-4-11-6-14-9(7)13-5-8/h3-6H,2H2,1H3,(H,12,15). The lowest BCUT2D eigenvalue weighted by Gasteiger charge is -2.02. The van der Waals surface area contributed by atoms with Crippen LogP contribution in [0.4, 0.5) is 0 Å². The van der Waals surface area contributed by atoms with Gasteiger partial charge in [0.15, 0.2) is 5.65 Å². The van der Waals surface area contributed by atoms with Crippen LogP contribution in [-0.2, 0) is 0 Å². The number of amides is 1. The third-order valence-corrected chi connectivity index (χ3v) is 1.95. The Balaban J connectivity index is 2.42. The molecule has 0 spiro atoms. The average Bonchev–Trinajstić information content (AvgIpc) is 2.29. The topological polar surface area (TPSA) is 67.8 Å². The van der Waals surface area contributed by atoms with E-state index in [4.69, 9.17) is 0 Å². The fraction of sp³-hybridized carbons (Fsp3) is 0.200. The number of carbonyl (C=O) groups is 1. The molecular weight excluding hydrogens is 192 g/mol. The summed E-state index contributed by atoms with van der Waals surface area (Å²) in [5.74, 6) is -0.129. The van der Waals surface area contributed by atoms with Crippen LogP contribution in [0.5, 0.6) is 0 Å². The number of nitrogens with one attached hydrogen (secondary N) is 1. The van der Waals surface area contributed by atoms with Gasteiger partial charge < -0.3 is 5.32 Å². The zero-order valence-electron chi connectivity index (χ0n) is 8.27. The quantitative estimate of drug-likeness (QED) is 0.781. The molecular formula is C10H10N4O. The van der Waals surface area contributed by atoms with Crippen molar-refractivity contribution in [3.63, 3.8) is 0 Å². The number of nitrogens with zero attached hydrogens (tertiary/aromatic N) is 3. The fourth-order valence-corrected chi connectivity index (χ4v) is 1.27. The highest BCUT2D eigenvalue weighted by atomic mass is 16.1. The molecule has 2 aromatic rings. The Morgan fingerprint density at radius 2 is 2.27 bits per heavy atom. The van der Waals surface area contributed by atoms with Gasteiger partial charge in [-0.1, -0.05) is 0 Å². The van der Waals surface area contributed by atoms with Gasteiger partial charge in [-0.15, -0.1) is 0 Å². The van der Waals surface area contributed by atoms with Crippen LogP contribution in [-0.4, -0.2) is 27.4 Å². The van der Waals surface area contributed by atoms with Gasteiger partial charge in [0.1, 0.15) is 6.33 Å². The molecule has 0 aliphatic carbocycles. The Hall–Kier alpha value is -2.04. The van der Waals surface area contributed by atoms with Gasteiger partial charge in [-0.05, 0) is 13.0 Å². The predicted octanol–water partition coefficient (Wildman–Crippen LogP) is 0.774. The van der Waals surface area contributed by atoms with E-state index in [-0.39, 0.29) is 5.91 Å². The third-order valence-electron chi connectivity index (χ3n) is 1.95. The number of aromatic nitrogens is 3. The van der Waals surface area contributed by atoms with Crippen LogP contribution in [0.25, 0.3) is 11.0 Å². The van der Waals surface area contributed by atoms with Gasteiger partial charge >= 0.3 is 0 Å². The van der Waals surface area contributed by atoms with Gasteiger partial charge in [0.2, 0.25) is 0 Å². The molecule has 76 valence electrons. The van der Waals surface area contributed by atoms with E-state index in [1.165, 1.54) is 12.5 Å². The molecule has 0 saturated carbocycles. The monoisotopic (exact) mass is 202 g/mol. The van der Waals surface area contributed by atoms with Gasteiger partial charge in [-0.2, -0.15) is 0 Å². The van der Waals surface area contributed by atoms with E-state index in [0.717, 1.165) is 5.39 Å². The molecule has 5 heteroatoms. The van der Waals surface area contributed by atoms with E-state index in [9.17, 15) is 4.79 Å². The minimum Gasteiger partial charge on any atom is -0.352 e. The van der Waals surface area contributed by atoms with E-state index >= 15 is 0 Å². The molecule has 0 aliphatic heterocycles. The maximum absolute atomic E-state index is 11.5. The Bertz CT molecular complexity index is 498. The smallest absolute Gasteiger partial charge is 0.252 e. The molecule has 0 fully saturated rings. The largest absolute Gasteiger partial charge is 0.352 e. The zero-order valence-corrected chi connectivity index (χ0v) is 8.27. The SMILES string of the molecule is CCNC(=O)c1cnc2ncncc2c1. The summed E-state index contributed by atoms with van der Waals surface area (Å²) in [4.78, 5) is 23.4. The van der Waals surface area contributed by atoms with Crippen LogP contribution in [0.15, 0.2) is 24.8 Å². The van der Waals surface area contributed by atoms with Gasteiger partial charge in [0.25, 0.3) is 5.91 Å². The van der Waals surface area contributed by atoms with Crippen molar-refractivity contribution in [2.24, 2.45) is 0 Å². The molecule has 0 unspecified atom stereocenters. The summed E-state index contributed by atoms with van der Waals surface area (Å²) in [6, 6.07) is 1.73. The molecule has 2 heterocycles. The van der Waals surface area contributed by atoms with Gasteiger partial charge in [0.05, 0.1) is 5.56 Å². The van der Waals surface area contributed by atoms with E-state index < -0.39 is 0 Å². The molecule has 0 bridgehead atoms. The highest BCUT2D eigenvalue weighted by Crippen LogP contribution is 2.08. The molecule has 0 aromatic carbocycles. The van der Waals surface area contributed by atoms with Crippen LogP contribution in [0.1, 0.15) is 17.3 Å². The third kappa shape index (κ3) is 1.90. The van der Waals surface area contributed by atoms with Crippen molar-refractivity contribution in [2.75, 3.05) is 6.54 Å². The van der Waals surface area contributed by atoms with E-state index in [2.05, 4.69) is 20.3 Å². The van der Waals surface area contributed by atoms with E-state index in [0.29, 0.717) is 17.8 Å². The Kier molecular flexibility index (Phi) is 2.53. The summed E-state index contributed by atoms with van der Waals surface area (Å²) in [5, 5.41) is 3.47. The maximum atomic E-state index is 11.5. The van der Waals surface area contributed by atoms with Crippen molar-refractivity contribution in [1.82, 2.24) is 20.3 Å². The lowest BCUT2D eigenvalue weighted by atomic mass is 10.2. The number of rotatable bonds is 2. The molecule has 15 heavy (non-hydrogen) atoms. The number of carbonyl (C=O) groups excluding carboxylic acids is 1. The lowest BCUT2D eigenvalue weighted by molar-refractivity contribution is 0.0955. The number of fused-ring (bicyclic) bond motifs is 1. The Morgan fingerprint density at radius 3 is 3.07 bits per heavy atom. The van der Waals surface area contributed by atoms with Crippen molar-refractivity contribution >= 4 is 16.9 Å². The first kappa shape index (κ1) is 9.51. The van der Waals surface area contributed by atoms with Crippen molar-refractivity contribution in [3.8, 4) is 0 Å². The first-order chi connectivity index (χ1) is 7.31. The predicted molar refractivity (Wildman–Crippen MR) is 55.3 cm³/mol. The average molecular weight is 202 g/mol. The second kappa shape index (κ2) is 4.00. The summed E-state index contributed by atoms with van der Waals surface area (Å²) >= 11 is 0. The molecule has 1 N–H and O–H groups in total. The first-order valence-corrected chi connectivity index (χ1v) is 4.65. The minimum atomic E-state index is -0.129. The molecule has 1 amide bonds. The summed E-state index contributed by atoms with van der Waals surface area (Å²) in [6.07, 6.45) is 4.58. The van der Waals surface area contributed by atoms with Gasteiger partial charge in [-0.3, -0.25) is 4.79 Å².